The van der Waals surface area contributed by atoms with E-state index in [2.05, 4.69) is 11.6 Å². The van der Waals surface area contributed by atoms with Gasteiger partial charge in [-0.15, -0.1) is 0 Å². The van der Waals surface area contributed by atoms with E-state index in [1.807, 2.05) is 4.90 Å². The average Bonchev–Trinajstić information content (AvgIpc) is 2.73. The molecule has 5 nitrogen and oxygen atoms in total. The Hall–Kier alpha value is -1.47. The molecule has 7 heteroatoms. The molecule has 1 saturated carbocycles. The Bertz CT molecular complexity index is 766. The highest BCUT2D eigenvalue weighted by molar-refractivity contribution is 7.89. The van der Waals surface area contributed by atoms with Gasteiger partial charge in [0.15, 0.2) is 0 Å². The maximum Gasteiger partial charge on any atom is 0.240 e. The summed E-state index contributed by atoms with van der Waals surface area (Å²) >= 11 is 0. The molecule has 1 heterocycles. The second-order valence-electron chi connectivity index (χ2n) is 8.53. The molecule has 29 heavy (non-hydrogen) atoms. The molecule has 0 bridgehead atoms. The molecule has 162 valence electrons. The molecular weight excluding hydrogens is 391 g/mol. The van der Waals surface area contributed by atoms with Gasteiger partial charge >= 0.3 is 0 Å². The predicted molar refractivity (Wildman–Crippen MR) is 111 cm³/mol. The number of nitrogens with one attached hydrogen (secondary N) is 1. The van der Waals surface area contributed by atoms with E-state index in [-0.39, 0.29) is 22.8 Å². The fourth-order valence-electron chi connectivity index (χ4n) is 4.57. The lowest BCUT2D eigenvalue weighted by Gasteiger charge is -2.36. The van der Waals surface area contributed by atoms with Crippen molar-refractivity contribution in [3.8, 4) is 0 Å². The average molecular weight is 425 g/mol. The van der Waals surface area contributed by atoms with E-state index in [1.54, 1.807) is 0 Å². The van der Waals surface area contributed by atoms with Crippen molar-refractivity contribution in [3.63, 3.8) is 0 Å². The molecule has 1 N–H and O–H groups in total. The van der Waals surface area contributed by atoms with Crippen LogP contribution in [0.2, 0.25) is 0 Å². The van der Waals surface area contributed by atoms with Crippen molar-refractivity contribution >= 4 is 15.9 Å². The maximum atomic E-state index is 13.0. The van der Waals surface area contributed by atoms with E-state index >= 15 is 0 Å². The van der Waals surface area contributed by atoms with Crippen LogP contribution >= 0.6 is 0 Å². The summed E-state index contributed by atoms with van der Waals surface area (Å²) in [6.07, 6.45) is 9.32. The molecule has 2 aliphatic rings. The quantitative estimate of drug-likeness (QED) is 0.717. The zero-order valence-corrected chi connectivity index (χ0v) is 18.1. The number of hydrogen-bond donors (Lipinski definition) is 1. The SMILES string of the molecule is CCCCC1CCC(C(=O)N2CCC(NS(=O)(=O)c3ccc(F)cc3)CC2)CC1. The minimum atomic E-state index is -3.67. The van der Waals surface area contributed by atoms with Crippen LogP contribution in [0.1, 0.15) is 64.7 Å². The summed E-state index contributed by atoms with van der Waals surface area (Å²) in [4.78, 5) is 14.9. The van der Waals surface area contributed by atoms with Gasteiger partial charge in [-0.25, -0.2) is 17.5 Å². The van der Waals surface area contributed by atoms with Crippen LogP contribution in [-0.2, 0) is 14.8 Å². The van der Waals surface area contributed by atoms with Crippen molar-refractivity contribution in [2.75, 3.05) is 13.1 Å². The van der Waals surface area contributed by atoms with E-state index in [4.69, 9.17) is 0 Å². The third-order valence-electron chi connectivity index (χ3n) is 6.41. The number of benzene rings is 1. The Balaban J connectivity index is 1.45. The van der Waals surface area contributed by atoms with Crippen molar-refractivity contribution < 1.29 is 17.6 Å². The molecule has 1 aliphatic heterocycles. The summed E-state index contributed by atoms with van der Waals surface area (Å²) in [5.74, 6) is 0.708. The smallest absolute Gasteiger partial charge is 0.240 e. The van der Waals surface area contributed by atoms with Gasteiger partial charge < -0.3 is 4.90 Å². The van der Waals surface area contributed by atoms with Crippen LogP contribution in [0.4, 0.5) is 4.39 Å². The number of piperidine rings is 1. The molecule has 1 aromatic carbocycles. The highest BCUT2D eigenvalue weighted by Gasteiger charge is 2.32. The Morgan fingerprint density at radius 1 is 1.07 bits per heavy atom. The number of sulfonamides is 1. The predicted octanol–water partition coefficient (Wildman–Crippen LogP) is 4.09. The lowest BCUT2D eigenvalue weighted by molar-refractivity contribution is -0.138. The molecule has 1 aliphatic carbocycles. The highest BCUT2D eigenvalue weighted by Crippen LogP contribution is 2.33. The first-order chi connectivity index (χ1) is 13.9. The number of hydrogen-bond acceptors (Lipinski definition) is 3. The van der Waals surface area contributed by atoms with E-state index in [1.165, 1.54) is 31.4 Å². The maximum absolute atomic E-state index is 13.0. The van der Waals surface area contributed by atoms with Gasteiger partial charge in [-0.2, -0.15) is 0 Å². The summed E-state index contributed by atoms with van der Waals surface area (Å²) in [6.45, 7) is 3.40. The van der Waals surface area contributed by atoms with Gasteiger partial charge in [0.1, 0.15) is 5.82 Å². The third-order valence-corrected chi connectivity index (χ3v) is 7.95. The van der Waals surface area contributed by atoms with Crippen molar-refractivity contribution in [3.05, 3.63) is 30.1 Å². The number of nitrogens with zero attached hydrogens (tertiary/aromatic N) is 1. The number of carbonyl (C=O) groups excluding carboxylic acids is 1. The van der Waals surface area contributed by atoms with Crippen LogP contribution in [0.15, 0.2) is 29.2 Å². The van der Waals surface area contributed by atoms with E-state index in [0.717, 1.165) is 43.7 Å². The number of rotatable bonds is 7. The molecule has 0 unspecified atom stereocenters. The fraction of sp³-hybridized carbons (Fsp3) is 0.682. The van der Waals surface area contributed by atoms with Crippen LogP contribution in [-0.4, -0.2) is 38.4 Å². The number of likely N-dealkylation sites (tertiary alicyclic amines) is 1. The molecule has 0 spiro atoms. The minimum Gasteiger partial charge on any atom is -0.342 e. The van der Waals surface area contributed by atoms with Crippen LogP contribution in [0.3, 0.4) is 0 Å². The van der Waals surface area contributed by atoms with Gasteiger partial charge in [0.05, 0.1) is 4.90 Å². The van der Waals surface area contributed by atoms with Crippen LogP contribution in [0, 0.1) is 17.7 Å². The zero-order valence-electron chi connectivity index (χ0n) is 17.3. The first-order valence-corrected chi connectivity index (χ1v) is 12.4. The topological polar surface area (TPSA) is 66.5 Å². The molecule has 1 saturated heterocycles. The van der Waals surface area contributed by atoms with Crippen LogP contribution < -0.4 is 4.72 Å². The first-order valence-electron chi connectivity index (χ1n) is 11.0. The van der Waals surface area contributed by atoms with E-state index in [9.17, 15) is 17.6 Å². The lowest BCUT2D eigenvalue weighted by Crippen LogP contribution is -2.48. The fourth-order valence-corrected chi connectivity index (χ4v) is 5.87. The Morgan fingerprint density at radius 2 is 1.69 bits per heavy atom. The molecule has 3 rings (SSSR count). The number of amides is 1. The van der Waals surface area contributed by atoms with Crippen LogP contribution in [0.5, 0.6) is 0 Å². The molecular formula is C22H33FN2O3S. The summed E-state index contributed by atoms with van der Waals surface area (Å²) in [7, 11) is -3.67. The zero-order chi connectivity index (χ0) is 20.9. The Labute approximate surface area is 174 Å². The number of unbranched alkanes of at least 4 members (excludes halogenated alkanes) is 1. The molecule has 1 amide bonds. The Kier molecular flexibility index (Phi) is 7.68. The summed E-state index contributed by atoms with van der Waals surface area (Å²) in [5.41, 5.74) is 0. The Morgan fingerprint density at radius 3 is 2.28 bits per heavy atom. The van der Waals surface area contributed by atoms with Gasteiger partial charge in [-0.05, 0) is 68.7 Å². The largest absolute Gasteiger partial charge is 0.342 e. The van der Waals surface area contributed by atoms with Crippen LogP contribution in [0.25, 0.3) is 0 Å². The lowest BCUT2D eigenvalue weighted by atomic mass is 9.79. The molecule has 1 aromatic rings. The van der Waals surface area contributed by atoms with Gasteiger partial charge in [0.25, 0.3) is 0 Å². The normalized spacial score (nSPS) is 23.9. The van der Waals surface area contributed by atoms with Crippen molar-refractivity contribution in [1.82, 2.24) is 9.62 Å². The second-order valence-corrected chi connectivity index (χ2v) is 10.2. The summed E-state index contributed by atoms with van der Waals surface area (Å²) in [5, 5.41) is 0. The number of carbonyl (C=O) groups is 1. The molecule has 0 radical (unpaired) electrons. The number of halogens is 1. The van der Waals surface area contributed by atoms with Gasteiger partial charge in [-0.1, -0.05) is 26.2 Å². The van der Waals surface area contributed by atoms with E-state index < -0.39 is 15.8 Å². The molecule has 0 aromatic heterocycles. The van der Waals surface area contributed by atoms with Gasteiger partial charge in [0.2, 0.25) is 15.9 Å². The minimum absolute atomic E-state index is 0.0669. The monoisotopic (exact) mass is 424 g/mol. The summed E-state index contributed by atoms with van der Waals surface area (Å²) in [6, 6.07) is 4.64. The van der Waals surface area contributed by atoms with Gasteiger partial charge in [-0.3, -0.25) is 4.79 Å². The highest BCUT2D eigenvalue weighted by atomic mass is 32.2. The standard InChI is InChI=1S/C22H33FN2O3S/c1-2-3-4-17-5-7-18(8-6-17)22(26)25-15-13-20(14-16-25)24-29(27,28)21-11-9-19(23)10-12-21/h9-12,17-18,20,24H,2-8,13-16H2,1H3. The van der Waals surface area contributed by atoms with E-state index in [0.29, 0.717) is 25.9 Å². The third kappa shape index (κ3) is 6.01. The van der Waals surface area contributed by atoms with Crippen molar-refractivity contribution in [1.29, 1.82) is 0 Å². The van der Waals surface area contributed by atoms with Crippen molar-refractivity contribution in [2.24, 2.45) is 11.8 Å². The van der Waals surface area contributed by atoms with Gasteiger partial charge in [0, 0.05) is 25.0 Å². The van der Waals surface area contributed by atoms with Crippen molar-refractivity contribution in [2.45, 2.75) is 75.6 Å². The summed E-state index contributed by atoms with van der Waals surface area (Å²) < 4.78 is 40.7. The molecule has 0 atom stereocenters. The second kappa shape index (κ2) is 10.0. The molecule has 2 fully saturated rings. The first kappa shape index (κ1) is 22.2.